The minimum Gasteiger partial charge on any atom is -0.411 e. The molecule has 1 aromatic heterocycles. The summed E-state index contributed by atoms with van der Waals surface area (Å²) in [5, 5.41) is 0.403. The molecule has 1 aromatic rings. The fraction of sp³-hybridized carbons (Fsp3) is 0.840. The zero-order chi connectivity index (χ0) is 30.8. The largest absolute Gasteiger partial charge is 0.411 e. The molecule has 2 aliphatic rings. The number of H-pyrrole nitrogens is 1. The molecular formula is C25H44BrFN3O9PSi. The van der Waals surface area contributed by atoms with E-state index < -0.39 is 57.4 Å². The van der Waals surface area contributed by atoms with Crippen LogP contribution in [0.5, 0.6) is 0 Å². The van der Waals surface area contributed by atoms with Crippen molar-refractivity contribution in [3.05, 3.63) is 32.9 Å². The van der Waals surface area contributed by atoms with Crippen LogP contribution in [0.3, 0.4) is 0 Å². The van der Waals surface area contributed by atoms with E-state index in [0.29, 0.717) is 24.9 Å². The molecule has 2 unspecified atom stereocenters. The van der Waals surface area contributed by atoms with Gasteiger partial charge >= 0.3 is 13.4 Å². The van der Waals surface area contributed by atoms with E-state index in [2.05, 4.69) is 49.8 Å². The van der Waals surface area contributed by atoms with Crippen LogP contribution in [0.1, 0.15) is 53.7 Å². The van der Waals surface area contributed by atoms with Gasteiger partial charge < -0.3 is 18.6 Å². The summed E-state index contributed by atoms with van der Waals surface area (Å²) < 4.78 is 66.6. The van der Waals surface area contributed by atoms with Gasteiger partial charge in [-0.25, -0.2) is 14.0 Å². The number of aromatic nitrogens is 2. The van der Waals surface area contributed by atoms with Gasteiger partial charge in [-0.05, 0) is 45.4 Å². The van der Waals surface area contributed by atoms with Crippen molar-refractivity contribution >= 4 is 32.0 Å². The highest BCUT2D eigenvalue weighted by Gasteiger charge is 2.46. The average Bonchev–Trinajstić information content (AvgIpc) is 3.41. The average molecular weight is 689 g/mol. The van der Waals surface area contributed by atoms with Gasteiger partial charge in [0.2, 0.25) is 5.82 Å². The normalized spacial score (nSPS) is 26.5. The van der Waals surface area contributed by atoms with E-state index in [1.165, 1.54) is 4.67 Å². The number of aromatic amines is 1. The van der Waals surface area contributed by atoms with Crippen molar-refractivity contribution in [2.45, 2.75) is 95.9 Å². The molecule has 5 atom stereocenters. The van der Waals surface area contributed by atoms with Gasteiger partial charge in [0, 0.05) is 18.3 Å². The molecule has 0 radical (unpaired) electrons. The van der Waals surface area contributed by atoms with Crippen LogP contribution in [-0.4, -0.2) is 85.4 Å². The number of alkyl halides is 1. The Morgan fingerprint density at radius 3 is 2.56 bits per heavy atom. The Labute approximate surface area is 250 Å². The lowest BCUT2D eigenvalue weighted by Crippen LogP contribution is -2.46. The van der Waals surface area contributed by atoms with Gasteiger partial charge in [0.1, 0.15) is 12.3 Å². The quantitative estimate of drug-likeness (QED) is 0.181. The summed E-state index contributed by atoms with van der Waals surface area (Å²) in [4.78, 5) is 26.0. The lowest BCUT2D eigenvalue weighted by atomic mass is 10.2. The van der Waals surface area contributed by atoms with Gasteiger partial charge in [0.25, 0.3) is 5.56 Å². The summed E-state index contributed by atoms with van der Waals surface area (Å²) in [6, 6.07) is 0. The number of nitrogens with zero attached hydrogens (tertiary/aromatic N) is 2. The van der Waals surface area contributed by atoms with E-state index >= 15 is 0 Å². The van der Waals surface area contributed by atoms with Gasteiger partial charge in [-0.1, -0.05) is 36.7 Å². The summed E-state index contributed by atoms with van der Waals surface area (Å²) in [5.74, 6) is -1.78. The van der Waals surface area contributed by atoms with E-state index in [1.807, 2.05) is 18.8 Å². The fourth-order valence-electron chi connectivity index (χ4n) is 4.23. The molecule has 236 valence electrons. The Morgan fingerprint density at radius 1 is 1.29 bits per heavy atom. The van der Waals surface area contributed by atoms with Crippen molar-refractivity contribution in [2.24, 2.45) is 0 Å². The first-order chi connectivity index (χ1) is 18.9. The molecule has 41 heavy (non-hydrogen) atoms. The standard InChI is InChI=1S/C25H44BrFN3O9PSi/c1-24(2,3)41(7,8)39-19-13-21(30-14-18(27)22(31)28-23(30)32)37-20(19)16-36-40(33,29(6)11-10-26)35-12-9-17-15-34-25(4,5)38-17/h14,17,19-21H,9-13,15-16H2,1-8H3,(H,28,31,32)/t17?,19-,20+,21+,40?/m0/s1. The molecule has 0 aromatic carbocycles. The van der Waals surface area contributed by atoms with Crippen LogP contribution in [0.4, 0.5) is 4.39 Å². The summed E-state index contributed by atoms with van der Waals surface area (Å²) in [5.41, 5.74) is -1.91. The predicted octanol–water partition coefficient (Wildman–Crippen LogP) is 4.36. The van der Waals surface area contributed by atoms with E-state index in [9.17, 15) is 18.5 Å². The topological polar surface area (TPSA) is 131 Å². The fourth-order valence-corrected chi connectivity index (χ4v) is 7.88. The second kappa shape index (κ2) is 13.5. The lowest BCUT2D eigenvalue weighted by molar-refractivity contribution is -0.139. The molecule has 2 fully saturated rings. The van der Waals surface area contributed by atoms with Crippen molar-refractivity contribution in [2.75, 3.05) is 38.7 Å². The van der Waals surface area contributed by atoms with Crippen molar-refractivity contribution in [1.82, 2.24) is 14.2 Å². The third kappa shape index (κ3) is 8.90. The number of nitrogens with one attached hydrogen (secondary N) is 1. The monoisotopic (exact) mass is 687 g/mol. The molecular weight excluding hydrogens is 644 g/mol. The van der Waals surface area contributed by atoms with Crippen LogP contribution in [0.15, 0.2) is 15.8 Å². The van der Waals surface area contributed by atoms with Crippen molar-refractivity contribution < 1.29 is 36.6 Å². The smallest absolute Gasteiger partial charge is 0.408 e. The number of ether oxygens (including phenoxy) is 3. The van der Waals surface area contributed by atoms with Gasteiger partial charge in [-0.15, -0.1) is 0 Å². The molecule has 0 amide bonds. The zero-order valence-electron chi connectivity index (χ0n) is 25.1. The molecule has 0 aliphatic carbocycles. The number of hydrogen-bond donors (Lipinski definition) is 1. The lowest BCUT2D eigenvalue weighted by Gasteiger charge is -2.39. The molecule has 3 rings (SSSR count). The Balaban J connectivity index is 1.79. The second-order valence-electron chi connectivity index (χ2n) is 12.3. The van der Waals surface area contributed by atoms with E-state index in [0.717, 1.165) is 10.8 Å². The van der Waals surface area contributed by atoms with E-state index in [-0.39, 0.29) is 30.8 Å². The van der Waals surface area contributed by atoms with Crippen molar-refractivity contribution in [1.29, 1.82) is 0 Å². The van der Waals surface area contributed by atoms with Gasteiger partial charge in [0.15, 0.2) is 14.1 Å². The SMILES string of the molecule is CN(CCBr)P(=O)(OCCC1COC(C)(C)O1)OC[C@H]1O[C@@H](n2cc(F)c(=O)[nH]c2=O)C[C@@H]1O[Si](C)(C)C(C)(C)C. The molecule has 0 saturated carbocycles. The number of hydrogen-bond acceptors (Lipinski definition) is 9. The van der Waals surface area contributed by atoms with Gasteiger partial charge in [-0.2, -0.15) is 4.39 Å². The van der Waals surface area contributed by atoms with Crippen molar-refractivity contribution in [3.8, 4) is 0 Å². The molecule has 12 nitrogen and oxygen atoms in total. The first-order valence-corrected chi connectivity index (χ1v) is 19.2. The van der Waals surface area contributed by atoms with Crippen LogP contribution in [0.25, 0.3) is 0 Å². The second-order valence-corrected chi connectivity index (χ2v) is 20.0. The molecule has 2 aliphatic heterocycles. The highest BCUT2D eigenvalue weighted by Crippen LogP contribution is 2.52. The molecule has 1 N–H and O–H groups in total. The maximum atomic E-state index is 14.1. The van der Waals surface area contributed by atoms with Crippen LogP contribution < -0.4 is 11.2 Å². The summed E-state index contributed by atoms with van der Waals surface area (Å²) in [7, 11) is -4.47. The van der Waals surface area contributed by atoms with Crippen LogP contribution in [0.2, 0.25) is 18.1 Å². The van der Waals surface area contributed by atoms with E-state index in [4.69, 9.17) is 27.7 Å². The number of rotatable bonds is 13. The first-order valence-electron chi connectivity index (χ1n) is 13.7. The third-order valence-corrected chi connectivity index (χ3v) is 14.5. The molecule has 2 saturated heterocycles. The zero-order valence-corrected chi connectivity index (χ0v) is 28.6. The summed E-state index contributed by atoms with van der Waals surface area (Å²) in [6.45, 7) is 14.8. The predicted molar refractivity (Wildman–Crippen MR) is 157 cm³/mol. The van der Waals surface area contributed by atoms with Crippen LogP contribution >= 0.6 is 23.7 Å². The third-order valence-electron chi connectivity index (χ3n) is 7.66. The minimum absolute atomic E-state index is 0.109. The van der Waals surface area contributed by atoms with Gasteiger partial charge in [-0.3, -0.25) is 23.4 Å². The minimum atomic E-state index is -3.79. The number of halogens is 2. The molecule has 3 heterocycles. The first kappa shape index (κ1) is 34.7. The Hall–Kier alpha value is -0.743. The van der Waals surface area contributed by atoms with Crippen molar-refractivity contribution in [3.63, 3.8) is 0 Å². The maximum absolute atomic E-state index is 14.1. The highest BCUT2D eigenvalue weighted by molar-refractivity contribution is 9.09. The Morgan fingerprint density at radius 2 is 1.98 bits per heavy atom. The van der Waals surface area contributed by atoms with Crippen LogP contribution in [-0.2, 0) is 32.2 Å². The Kier molecular flexibility index (Phi) is 11.4. The van der Waals surface area contributed by atoms with Gasteiger partial charge in [0.05, 0.1) is 38.2 Å². The Bertz CT molecular complexity index is 1210. The van der Waals surface area contributed by atoms with Crippen LogP contribution in [0, 0.1) is 5.82 Å². The molecule has 16 heteroatoms. The highest BCUT2D eigenvalue weighted by atomic mass is 79.9. The van der Waals surface area contributed by atoms with E-state index in [1.54, 1.807) is 7.05 Å². The summed E-state index contributed by atoms with van der Waals surface area (Å²) >= 11 is 3.37. The summed E-state index contributed by atoms with van der Waals surface area (Å²) in [6.07, 6.45) is -0.951. The molecule has 0 spiro atoms. The maximum Gasteiger partial charge on any atom is 0.408 e. The molecule has 0 bridgehead atoms.